The van der Waals surface area contributed by atoms with Gasteiger partial charge in [0.15, 0.2) is 0 Å². The highest BCUT2D eigenvalue weighted by Gasteiger charge is 2.35. The van der Waals surface area contributed by atoms with Crippen LogP contribution >= 0.6 is 15.9 Å². The number of rotatable bonds is 2. The summed E-state index contributed by atoms with van der Waals surface area (Å²) in [5, 5.41) is 12.8. The monoisotopic (exact) mass is 255 g/mol. The van der Waals surface area contributed by atoms with E-state index in [2.05, 4.69) is 34.2 Å². The van der Waals surface area contributed by atoms with E-state index in [4.69, 9.17) is 0 Å². The molecular formula is C11H14BrNO. The topological polar surface area (TPSA) is 32.3 Å². The van der Waals surface area contributed by atoms with Gasteiger partial charge in [-0.15, -0.1) is 0 Å². The van der Waals surface area contributed by atoms with Crippen LogP contribution in [0.3, 0.4) is 0 Å². The van der Waals surface area contributed by atoms with Crippen LogP contribution in [0, 0.1) is 0 Å². The third kappa shape index (κ3) is 1.44. The summed E-state index contributed by atoms with van der Waals surface area (Å²) in [5.74, 6) is 0. The van der Waals surface area contributed by atoms with Gasteiger partial charge in [0.1, 0.15) is 0 Å². The van der Waals surface area contributed by atoms with E-state index in [1.807, 2.05) is 12.1 Å². The number of aliphatic hydroxyl groups is 1. The Morgan fingerprint density at radius 2 is 2.36 bits per heavy atom. The maximum absolute atomic E-state index is 9.40. The Morgan fingerprint density at radius 3 is 2.93 bits per heavy atom. The van der Waals surface area contributed by atoms with Crippen molar-refractivity contribution in [2.24, 2.45) is 0 Å². The van der Waals surface area contributed by atoms with Gasteiger partial charge in [-0.3, -0.25) is 0 Å². The second-order valence-electron chi connectivity index (χ2n) is 3.87. The second kappa shape index (κ2) is 3.55. The molecule has 0 fully saturated rings. The molecule has 14 heavy (non-hydrogen) atoms. The molecule has 0 spiro atoms. The van der Waals surface area contributed by atoms with E-state index in [9.17, 15) is 5.11 Å². The van der Waals surface area contributed by atoms with Gasteiger partial charge < -0.3 is 10.4 Å². The van der Waals surface area contributed by atoms with E-state index in [1.54, 1.807) is 0 Å². The predicted octanol–water partition coefficient (Wildman–Crippen LogP) is 2.56. The van der Waals surface area contributed by atoms with E-state index in [0.717, 1.165) is 23.0 Å². The Balaban J connectivity index is 2.38. The summed E-state index contributed by atoms with van der Waals surface area (Å²) >= 11 is 3.51. The highest BCUT2D eigenvalue weighted by molar-refractivity contribution is 9.10. The molecule has 1 aliphatic heterocycles. The lowest BCUT2D eigenvalue weighted by Gasteiger charge is -2.26. The minimum Gasteiger partial charge on any atom is -0.394 e. The number of halogens is 1. The highest BCUT2D eigenvalue weighted by Crippen LogP contribution is 2.38. The van der Waals surface area contributed by atoms with E-state index < -0.39 is 0 Å². The average Bonchev–Trinajstić information content (AvgIpc) is 2.59. The van der Waals surface area contributed by atoms with Crippen LogP contribution in [0.25, 0.3) is 0 Å². The molecule has 1 aliphatic rings. The van der Waals surface area contributed by atoms with Crippen LogP contribution in [-0.4, -0.2) is 17.3 Å². The molecule has 1 aromatic rings. The van der Waals surface area contributed by atoms with Gasteiger partial charge in [-0.1, -0.05) is 19.1 Å². The van der Waals surface area contributed by atoms with E-state index in [-0.39, 0.29) is 12.1 Å². The summed E-state index contributed by atoms with van der Waals surface area (Å²) in [5.41, 5.74) is 2.28. The lowest BCUT2D eigenvalue weighted by atomic mass is 9.93. The van der Waals surface area contributed by atoms with Crippen molar-refractivity contribution < 1.29 is 5.11 Å². The normalized spacial score (nSPS) is 24.5. The molecule has 76 valence electrons. The van der Waals surface area contributed by atoms with Gasteiger partial charge in [0, 0.05) is 4.47 Å². The SMILES string of the molecule is CCC1(CO)Cc2cccc(Br)c2N1. The predicted molar refractivity (Wildman–Crippen MR) is 61.6 cm³/mol. The van der Waals surface area contributed by atoms with Crippen LogP contribution < -0.4 is 5.32 Å². The summed E-state index contributed by atoms with van der Waals surface area (Å²) in [4.78, 5) is 0. The maximum Gasteiger partial charge on any atom is 0.0664 e. The van der Waals surface area contributed by atoms with Crippen LogP contribution in [0.5, 0.6) is 0 Å². The molecular weight excluding hydrogens is 242 g/mol. The molecule has 0 radical (unpaired) electrons. The van der Waals surface area contributed by atoms with Gasteiger partial charge in [0.05, 0.1) is 17.8 Å². The number of benzene rings is 1. The van der Waals surface area contributed by atoms with Crippen molar-refractivity contribution in [1.29, 1.82) is 0 Å². The smallest absolute Gasteiger partial charge is 0.0664 e. The maximum atomic E-state index is 9.40. The zero-order valence-corrected chi connectivity index (χ0v) is 9.76. The van der Waals surface area contributed by atoms with Crippen molar-refractivity contribution in [2.45, 2.75) is 25.3 Å². The zero-order chi connectivity index (χ0) is 10.2. The van der Waals surface area contributed by atoms with Crippen LogP contribution in [0.2, 0.25) is 0 Å². The molecule has 0 bridgehead atoms. The van der Waals surface area contributed by atoms with Gasteiger partial charge in [-0.25, -0.2) is 0 Å². The zero-order valence-electron chi connectivity index (χ0n) is 8.18. The summed E-state index contributed by atoms with van der Waals surface area (Å²) in [6, 6.07) is 6.17. The molecule has 2 nitrogen and oxygen atoms in total. The fraction of sp³-hybridized carbons (Fsp3) is 0.455. The van der Waals surface area contributed by atoms with E-state index in [1.165, 1.54) is 5.56 Å². The molecule has 2 N–H and O–H groups in total. The van der Waals surface area contributed by atoms with E-state index >= 15 is 0 Å². The summed E-state index contributed by atoms with van der Waals surface area (Å²) < 4.78 is 1.08. The van der Waals surface area contributed by atoms with Crippen LogP contribution in [0.1, 0.15) is 18.9 Å². The fourth-order valence-electron chi connectivity index (χ4n) is 1.95. The molecule has 2 rings (SSSR count). The van der Waals surface area contributed by atoms with Crippen LogP contribution in [-0.2, 0) is 6.42 Å². The molecule has 0 aromatic heterocycles. The third-order valence-electron chi connectivity index (χ3n) is 3.00. The lowest BCUT2D eigenvalue weighted by molar-refractivity contribution is 0.211. The molecule has 3 heteroatoms. The van der Waals surface area contributed by atoms with Crippen molar-refractivity contribution in [3.05, 3.63) is 28.2 Å². The molecule has 1 unspecified atom stereocenters. The van der Waals surface area contributed by atoms with Crippen molar-refractivity contribution in [1.82, 2.24) is 0 Å². The van der Waals surface area contributed by atoms with Gasteiger partial charge in [0.2, 0.25) is 0 Å². The molecule has 0 amide bonds. The Kier molecular flexibility index (Phi) is 2.54. The van der Waals surface area contributed by atoms with Crippen molar-refractivity contribution in [2.75, 3.05) is 11.9 Å². The number of hydrogen-bond donors (Lipinski definition) is 2. The van der Waals surface area contributed by atoms with Crippen molar-refractivity contribution in [3.8, 4) is 0 Å². The first-order valence-electron chi connectivity index (χ1n) is 4.87. The van der Waals surface area contributed by atoms with Crippen molar-refractivity contribution >= 4 is 21.6 Å². The van der Waals surface area contributed by atoms with Crippen molar-refractivity contribution in [3.63, 3.8) is 0 Å². The molecule has 0 saturated heterocycles. The largest absolute Gasteiger partial charge is 0.394 e. The molecule has 1 atom stereocenters. The minimum absolute atomic E-state index is 0.147. The average molecular weight is 256 g/mol. The number of anilines is 1. The van der Waals surface area contributed by atoms with Gasteiger partial charge in [0.25, 0.3) is 0 Å². The third-order valence-corrected chi connectivity index (χ3v) is 3.66. The Bertz CT molecular complexity index is 347. The second-order valence-corrected chi connectivity index (χ2v) is 4.72. The van der Waals surface area contributed by atoms with Crippen LogP contribution in [0.15, 0.2) is 22.7 Å². The van der Waals surface area contributed by atoms with Gasteiger partial charge in [-0.2, -0.15) is 0 Å². The number of para-hydroxylation sites is 1. The Morgan fingerprint density at radius 1 is 1.57 bits per heavy atom. The summed E-state index contributed by atoms with van der Waals surface area (Å²) in [6.45, 7) is 2.29. The standard InChI is InChI=1S/C11H14BrNO/c1-2-11(7-14)6-8-4-3-5-9(12)10(8)13-11/h3-5,13-14H,2,6-7H2,1H3. The summed E-state index contributed by atoms with van der Waals surface area (Å²) in [6.07, 6.45) is 1.85. The van der Waals surface area contributed by atoms with Gasteiger partial charge in [-0.05, 0) is 40.4 Å². The molecule has 0 aliphatic carbocycles. The minimum atomic E-state index is -0.147. The van der Waals surface area contributed by atoms with Crippen LogP contribution in [0.4, 0.5) is 5.69 Å². The fourth-order valence-corrected chi connectivity index (χ4v) is 2.46. The first kappa shape index (κ1) is 9.99. The Hall–Kier alpha value is -0.540. The van der Waals surface area contributed by atoms with E-state index in [0.29, 0.717) is 0 Å². The summed E-state index contributed by atoms with van der Waals surface area (Å²) in [7, 11) is 0. The molecule has 1 heterocycles. The first-order valence-corrected chi connectivity index (χ1v) is 5.66. The highest BCUT2D eigenvalue weighted by atomic mass is 79.9. The number of aliphatic hydroxyl groups excluding tert-OH is 1. The Labute approximate surface area is 92.5 Å². The molecule has 1 aromatic carbocycles. The first-order chi connectivity index (χ1) is 6.71. The number of fused-ring (bicyclic) bond motifs is 1. The number of nitrogens with one attached hydrogen (secondary N) is 1. The number of hydrogen-bond acceptors (Lipinski definition) is 2. The molecule has 0 saturated carbocycles. The van der Waals surface area contributed by atoms with Gasteiger partial charge >= 0.3 is 0 Å². The quantitative estimate of drug-likeness (QED) is 0.852. The lowest BCUT2D eigenvalue weighted by Crippen LogP contribution is -2.39.